The van der Waals surface area contributed by atoms with E-state index in [-0.39, 0.29) is 11.7 Å². The van der Waals surface area contributed by atoms with Crippen LogP contribution >= 0.6 is 11.8 Å². The van der Waals surface area contributed by atoms with Crippen LogP contribution in [0.3, 0.4) is 0 Å². The Morgan fingerprint density at radius 2 is 2.13 bits per heavy atom. The molecule has 1 aromatic rings. The van der Waals surface area contributed by atoms with Crippen molar-refractivity contribution >= 4 is 17.7 Å². The Morgan fingerprint density at radius 1 is 1.47 bits per heavy atom. The molecule has 1 atom stereocenters. The summed E-state index contributed by atoms with van der Waals surface area (Å²) >= 11 is 1.35. The Labute approximate surface area is 92.8 Å². The van der Waals surface area contributed by atoms with E-state index >= 15 is 0 Å². The second-order valence-corrected chi connectivity index (χ2v) is 4.04. The molecule has 0 saturated heterocycles. The fourth-order valence-corrected chi connectivity index (χ4v) is 1.88. The van der Waals surface area contributed by atoms with Gasteiger partial charge in [0.1, 0.15) is 0 Å². The largest absolute Gasteiger partial charge is 0.388 e. The third-order valence-corrected chi connectivity index (χ3v) is 2.87. The highest BCUT2D eigenvalue weighted by Crippen LogP contribution is 2.17. The normalized spacial score (nSPS) is 12.1. The first-order chi connectivity index (χ1) is 7.24. The first kappa shape index (κ1) is 12.0. The molecule has 0 aromatic heterocycles. The number of carbonyl (C=O) groups excluding carboxylic acids is 1. The first-order valence-electron chi connectivity index (χ1n) is 4.54. The number of hydrazine groups is 1. The SMILES string of the molecule is NNC(=O)CSCC(O)c1ccccc1. The monoisotopic (exact) mass is 226 g/mol. The zero-order valence-corrected chi connectivity index (χ0v) is 9.04. The molecule has 0 aliphatic carbocycles. The van der Waals surface area contributed by atoms with Gasteiger partial charge in [-0.25, -0.2) is 5.84 Å². The predicted molar refractivity (Wildman–Crippen MR) is 61.1 cm³/mol. The standard InChI is InChI=1S/C10H14N2O2S/c11-12-10(14)7-15-6-9(13)8-4-2-1-3-5-8/h1-5,9,13H,6-7,11H2,(H,12,14). The maximum atomic E-state index is 10.8. The lowest BCUT2D eigenvalue weighted by Crippen LogP contribution is -2.31. The van der Waals surface area contributed by atoms with Crippen LogP contribution in [0.25, 0.3) is 0 Å². The van der Waals surface area contributed by atoms with Crippen molar-refractivity contribution in [2.75, 3.05) is 11.5 Å². The number of nitrogens with two attached hydrogens (primary N) is 1. The molecule has 1 aromatic carbocycles. The minimum absolute atomic E-state index is 0.236. The minimum atomic E-state index is -0.540. The molecule has 4 N–H and O–H groups in total. The van der Waals surface area contributed by atoms with Gasteiger partial charge in [0.15, 0.2) is 0 Å². The molecule has 0 radical (unpaired) electrons. The van der Waals surface area contributed by atoms with Gasteiger partial charge in [0.05, 0.1) is 11.9 Å². The average molecular weight is 226 g/mol. The summed E-state index contributed by atoms with van der Waals surface area (Å²) in [6, 6.07) is 9.35. The number of amides is 1. The third kappa shape index (κ3) is 4.33. The summed E-state index contributed by atoms with van der Waals surface area (Å²) in [5.74, 6) is 5.44. The number of hydrogen-bond donors (Lipinski definition) is 3. The molecule has 82 valence electrons. The van der Waals surface area contributed by atoms with Gasteiger partial charge < -0.3 is 5.11 Å². The molecule has 15 heavy (non-hydrogen) atoms. The van der Waals surface area contributed by atoms with E-state index in [9.17, 15) is 9.90 Å². The van der Waals surface area contributed by atoms with Gasteiger partial charge in [-0.05, 0) is 5.56 Å². The van der Waals surface area contributed by atoms with E-state index in [0.717, 1.165) is 5.56 Å². The molecule has 0 saturated carbocycles. The van der Waals surface area contributed by atoms with E-state index in [1.807, 2.05) is 35.8 Å². The molecular weight excluding hydrogens is 212 g/mol. The molecule has 0 bridgehead atoms. The Morgan fingerprint density at radius 3 is 2.73 bits per heavy atom. The summed E-state index contributed by atoms with van der Waals surface area (Å²) < 4.78 is 0. The fourth-order valence-electron chi connectivity index (χ4n) is 1.08. The lowest BCUT2D eigenvalue weighted by Gasteiger charge is -2.09. The Kier molecular flexibility index (Phi) is 5.17. The van der Waals surface area contributed by atoms with E-state index in [1.165, 1.54) is 11.8 Å². The maximum absolute atomic E-state index is 10.8. The molecule has 0 aliphatic heterocycles. The predicted octanol–water partition coefficient (Wildman–Crippen LogP) is 0.443. The van der Waals surface area contributed by atoms with Gasteiger partial charge in [-0.15, -0.1) is 11.8 Å². The highest BCUT2D eigenvalue weighted by atomic mass is 32.2. The van der Waals surface area contributed by atoms with Crippen LogP contribution in [0.4, 0.5) is 0 Å². The molecule has 0 heterocycles. The Hall–Kier alpha value is -1.04. The van der Waals surface area contributed by atoms with Crippen molar-refractivity contribution in [2.24, 2.45) is 5.84 Å². The number of carbonyl (C=O) groups is 1. The topological polar surface area (TPSA) is 75.3 Å². The van der Waals surface area contributed by atoms with Crippen LogP contribution < -0.4 is 11.3 Å². The number of nitrogens with one attached hydrogen (secondary N) is 1. The number of thioether (sulfide) groups is 1. The van der Waals surface area contributed by atoms with Crippen molar-refractivity contribution < 1.29 is 9.90 Å². The van der Waals surface area contributed by atoms with Crippen LogP contribution in [-0.2, 0) is 4.79 Å². The van der Waals surface area contributed by atoms with E-state index in [2.05, 4.69) is 0 Å². The van der Waals surface area contributed by atoms with Crippen molar-refractivity contribution in [3.63, 3.8) is 0 Å². The van der Waals surface area contributed by atoms with Crippen LogP contribution in [0, 0.1) is 0 Å². The highest BCUT2D eigenvalue weighted by Gasteiger charge is 2.07. The van der Waals surface area contributed by atoms with E-state index < -0.39 is 6.10 Å². The molecule has 0 aliphatic rings. The lowest BCUT2D eigenvalue weighted by molar-refractivity contribution is -0.118. The van der Waals surface area contributed by atoms with Gasteiger partial charge in [0.25, 0.3) is 0 Å². The zero-order chi connectivity index (χ0) is 11.1. The van der Waals surface area contributed by atoms with Crippen molar-refractivity contribution in [1.82, 2.24) is 5.43 Å². The molecule has 0 spiro atoms. The van der Waals surface area contributed by atoms with Crippen molar-refractivity contribution in [3.05, 3.63) is 35.9 Å². The van der Waals surface area contributed by atoms with E-state index in [1.54, 1.807) is 0 Å². The van der Waals surface area contributed by atoms with Crippen LogP contribution in [0.5, 0.6) is 0 Å². The average Bonchev–Trinajstić information content (AvgIpc) is 2.29. The van der Waals surface area contributed by atoms with Crippen molar-refractivity contribution in [3.8, 4) is 0 Å². The number of aliphatic hydroxyl groups excluding tert-OH is 1. The van der Waals surface area contributed by atoms with Crippen molar-refractivity contribution in [1.29, 1.82) is 0 Å². The zero-order valence-electron chi connectivity index (χ0n) is 8.22. The smallest absolute Gasteiger partial charge is 0.243 e. The Bertz CT molecular complexity index is 306. The molecular formula is C10H14N2O2S. The van der Waals surface area contributed by atoms with Crippen LogP contribution in [0.1, 0.15) is 11.7 Å². The maximum Gasteiger partial charge on any atom is 0.243 e. The fraction of sp³-hybridized carbons (Fsp3) is 0.300. The molecule has 4 nitrogen and oxygen atoms in total. The van der Waals surface area contributed by atoms with Crippen molar-refractivity contribution in [2.45, 2.75) is 6.10 Å². The second-order valence-electron chi connectivity index (χ2n) is 3.01. The summed E-state index contributed by atoms with van der Waals surface area (Å²) in [6.07, 6.45) is -0.540. The summed E-state index contributed by atoms with van der Waals surface area (Å²) in [7, 11) is 0. The Balaban J connectivity index is 2.31. The molecule has 1 unspecified atom stereocenters. The number of rotatable bonds is 5. The quantitative estimate of drug-likeness (QED) is 0.387. The molecule has 1 rings (SSSR count). The van der Waals surface area contributed by atoms with Crippen LogP contribution in [0.15, 0.2) is 30.3 Å². The summed E-state index contributed by atoms with van der Waals surface area (Å²) in [5.41, 5.74) is 2.90. The minimum Gasteiger partial charge on any atom is -0.388 e. The van der Waals surface area contributed by atoms with Gasteiger partial charge in [0, 0.05) is 5.75 Å². The van der Waals surface area contributed by atoms with Gasteiger partial charge in [-0.3, -0.25) is 10.2 Å². The summed E-state index contributed by atoms with van der Waals surface area (Å²) in [4.78, 5) is 10.8. The number of benzene rings is 1. The molecule has 5 heteroatoms. The van der Waals surface area contributed by atoms with E-state index in [4.69, 9.17) is 5.84 Å². The summed E-state index contributed by atoms with van der Waals surface area (Å²) in [6.45, 7) is 0. The van der Waals surface area contributed by atoms with Gasteiger partial charge in [-0.2, -0.15) is 0 Å². The third-order valence-electron chi connectivity index (χ3n) is 1.85. The van der Waals surface area contributed by atoms with Crippen LogP contribution in [-0.4, -0.2) is 22.5 Å². The first-order valence-corrected chi connectivity index (χ1v) is 5.69. The highest BCUT2D eigenvalue weighted by molar-refractivity contribution is 7.99. The number of aliphatic hydroxyl groups is 1. The van der Waals surface area contributed by atoms with Gasteiger partial charge in [0.2, 0.25) is 5.91 Å². The second kappa shape index (κ2) is 6.44. The van der Waals surface area contributed by atoms with Gasteiger partial charge >= 0.3 is 0 Å². The molecule has 0 fully saturated rings. The molecule has 1 amide bonds. The lowest BCUT2D eigenvalue weighted by atomic mass is 10.1. The number of hydrogen-bond acceptors (Lipinski definition) is 4. The van der Waals surface area contributed by atoms with Gasteiger partial charge in [-0.1, -0.05) is 30.3 Å². The van der Waals surface area contributed by atoms with Crippen LogP contribution in [0.2, 0.25) is 0 Å². The van der Waals surface area contributed by atoms with E-state index in [0.29, 0.717) is 5.75 Å². The summed E-state index contributed by atoms with van der Waals surface area (Å²) in [5, 5.41) is 9.72.